The maximum atomic E-state index is 11.3. The van der Waals surface area contributed by atoms with Crippen LogP contribution in [0.3, 0.4) is 0 Å². The van der Waals surface area contributed by atoms with Crippen molar-refractivity contribution in [2.75, 3.05) is 7.11 Å². The van der Waals surface area contributed by atoms with Crippen LogP contribution in [0.5, 0.6) is 0 Å². The van der Waals surface area contributed by atoms with E-state index in [2.05, 4.69) is 19.8 Å². The number of carbonyl (C=O) groups excluding carboxylic acids is 1. The molecular formula is C13H12N4O3S. The number of aryl methyl sites for hydroxylation is 1. The zero-order valence-corrected chi connectivity index (χ0v) is 12.3. The second kappa shape index (κ2) is 5.57. The van der Waals surface area contributed by atoms with Gasteiger partial charge in [0.2, 0.25) is 5.76 Å². The third kappa shape index (κ3) is 2.62. The molecule has 0 unspecified atom stereocenters. The zero-order valence-electron chi connectivity index (χ0n) is 11.4. The maximum Gasteiger partial charge on any atom is 0.373 e. The van der Waals surface area contributed by atoms with Crippen molar-refractivity contribution in [3.8, 4) is 0 Å². The lowest BCUT2D eigenvalue weighted by molar-refractivity contribution is 0.0563. The number of hydrogen-bond donors (Lipinski definition) is 0. The van der Waals surface area contributed by atoms with E-state index in [0.717, 1.165) is 16.1 Å². The summed E-state index contributed by atoms with van der Waals surface area (Å²) in [4.78, 5) is 19.8. The van der Waals surface area contributed by atoms with E-state index < -0.39 is 5.97 Å². The van der Waals surface area contributed by atoms with Crippen molar-refractivity contribution in [3.05, 3.63) is 36.2 Å². The number of aromatic nitrogens is 4. The van der Waals surface area contributed by atoms with Crippen LogP contribution in [0.15, 0.2) is 34.1 Å². The summed E-state index contributed by atoms with van der Waals surface area (Å²) in [7, 11) is 3.15. The highest BCUT2D eigenvalue weighted by Crippen LogP contribution is 2.27. The van der Waals surface area contributed by atoms with Crippen LogP contribution >= 0.6 is 11.8 Å². The lowest BCUT2D eigenvalue weighted by Gasteiger charge is -2.00. The summed E-state index contributed by atoms with van der Waals surface area (Å²) in [5.41, 5.74) is 0.780. The van der Waals surface area contributed by atoms with E-state index in [1.807, 2.05) is 7.05 Å². The summed E-state index contributed by atoms with van der Waals surface area (Å²) in [5.74, 6) is 0.944. The van der Waals surface area contributed by atoms with Crippen molar-refractivity contribution in [1.29, 1.82) is 0 Å². The minimum atomic E-state index is -0.483. The SMILES string of the molecule is COC(=O)c1ccc(CSc2ncnc3c2cnn3C)o1. The molecule has 108 valence electrons. The molecule has 0 amide bonds. The van der Waals surface area contributed by atoms with Crippen LogP contribution in [0.4, 0.5) is 0 Å². The van der Waals surface area contributed by atoms with E-state index in [9.17, 15) is 4.79 Å². The molecule has 0 spiro atoms. The highest BCUT2D eigenvalue weighted by atomic mass is 32.2. The van der Waals surface area contributed by atoms with Crippen LogP contribution in [-0.4, -0.2) is 32.8 Å². The number of rotatable bonds is 4. The maximum absolute atomic E-state index is 11.3. The quantitative estimate of drug-likeness (QED) is 0.414. The van der Waals surface area contributed by atoms with Crippen LogP contribution < -0.4 is 0 Å². The van der Waals surface area contributed by atoms with Gasteiger partial charge in [0.05, 0.1) is 24.4 Å². The minimum absolute atomic E-state index is 0.197. The Hall–Kier alpha value is -2.35. The number of thioether (sulfide) groups is 1. The van der Waals surface area contributed by atoms with E-state index in [1.54, 1.807) is 23.0 Å². The first-order chi connectivity index (χ1) is 10.2. The smallest absolute Gasteiger partial charge is 0.373 e. The van der Waals surface area contributed by atoms with Crippen molar-refractivity contribution in [1.82, 2.24) is 19.7 Å². The second-order valence-electron chi connectivity index (χ2n) is 4.23. The number of furan rings is 1. The molecule has 0 radical (unpaired) electrons. The van der Waals surface area contributed by atoms with E-state index in [4.69, 9.17) is 4.42 Å². The van der Waals surface area contributed by atoms with Crippen LogP contribution in [0.25, 0.3) is 11.0 Å². The van der Waals surface area contributed by atoms with Gasteiger partial charge in [0.15, 0.2) is 5.65 Å². The number of hydrogen-bond acceptors (Lipinski definition) is 7. The Balaban J connectivity index is 1.77. The van der Waals surface area contributed by atoms with E-state index in [1.165, 1.54) is 25.2 Å². The number of ether oxygens (including phenoxy) is 1. The van der Waals surface area contributed by atoms with E-state index in [0.29, 0.717) is 11.5 Å². The molecule has 0 aliphatic rings. The Labute approximate surface area is 124 Å². The van der Waals surface area contributed by atoms with Gasteiger partial charge < -0.3 is 9.15 Å². The van der Waals surface area contributed by atoms with Gasteiger partial charge in [0, 0.05) is 7.05 Å². The van der Waals surface area contributed by atoms with Gasteiger partial charge in [-0.3, -0.25) is 4.68 Å². The predicted octanol–water partition coefficient (Wildman–Crippen LogP) is 2.04. The Morgan fingerprint density at radius 3 is 3.10 bits per heavy atom. The van der Waals surface area contributed by atoms with Crippen LogP contribution in [-0.2, 0) is 17.5 Å². The number of nitrogens with zero attached hydrogens (tertiary/aromatic N) is 4. The van der Waals surface area contributed by atoms with Gasteiger partial charge >= 0.3 is 5.97 Å². The molecule has 0 aliphatic carbocycles. The van der Waals surface area contributed by atoms with Crippen molar-refractivity contribution in [3.63, 3.8) is 0 Å². The molecule has 3 aromatic heterocycles. The zero-order chi connectivity index (χ0) is 14.8. The average Bonchev–Trinajstić information content (AvgIpc) is 3.12. The van der Waals surface area contributed by atoms with Crippen LogP contribution in [0, 0.1) is 0 Å². The number of fused-ring (bicyclic) bond motifs is 1. The van der Waals surface area contributed by atoms with Crippen molar-refractivity contribution >= 4 is 28.8 Å². The largest absolute Gasteiger partial charge is 0.463 e. The van der Waals surface area contributed by atoms with Gasteiger partial charge in [-0.15, -0.1) is 0 Å². The average molecular weight is 304 g/mol. The lowest BCUT2D eigenvalue weighted by atomic mass is 10.4. The van der Waals surface area contributed by atoms with Gasteiger partial charge in [0.1, 0.15) is 17.1 Å². The van der Waals surface area contributed by atoms with Gasteiger partial charge in [-0.2, -0.15) is 5.10 Å². The topological polar surface area (TPSA) is 83.0 Å². The second-order valence-corrected chi connectivity index (χ2v) is 5.19. The Kier molecular flexibility index (Phi) is 3.61. The Bertz CT molecular complexity index is 796. The Morgan fingerprint density at radius 2 is 2.29 bits per heavy atom. The van der Waals surface area contributed by atoms with Crippen LogP contribution in [0.2, 0.25) is 0 Å². The fourth-order valence-corrected chi connectivity index (χ4v) is 2.72. The molecule has 3 aromatic rings. The number of carbonyl (C=O) groups is 1. The third-order valence-electron chi connectivity index (χ3n) is 2.89. The fraction of sp³-hybridized carbons (Fsp3) is 0.231. The molecule has 0 N–H and O–H groups in total. The normalized spacial score (nSPS) is 11.0. The van der Waals surface area contributed by atoms with Gasteiger partial charge in [-0.05, 0) is 12.1 Å². The van der Waals surface area contributed by atoms with Crippen molar-refractivity contribution < 1.29 is 13.9 Å². The standard InChI is InChI=1S/C13H12N4O3S/c1-17-11-9(5-16-17)12(15-7-14-11)21-6-8-3-4-10(20-8)13(18)19-2/h3-5,7H,6H2,1-2H3. The van der Waals surface area contributed by atoms with Gasteiger partial charge in [-0.25, -0.2) is 14.8 Å². The summed E-state index contributed by atoms with van der Waals surface area (Å²) in [6, 6.07) is 3.35. The summed E-state index contributed by atoms with van der Waals surface area (Å²) < 4.78 is 11.7. The van der Waals surface area contributed by atoms with Gasteiger partial charge in [0.25, 0.3) is 0 Å². The summed E-state index contributed by atoms with van der Waals surface area (Å²) in [6.45, 7) is 0. The highest BCUT2D eigenvalue weighted by molar-refractivity contribution is 7.98. The molecule has 8 heteroatoms. The first kappa shape index (κ1) is 13.6. The van der Waals surface area contributed by atoms with Crippen LogP contribution in [0.1, 0.15) is 16.3 Å². The van der Waals surface area contributed by atoms with Gasteiger partial charge in [-0.1, -0.05) is 11.8 Å². The number of esters is 1. The lowest BCUT2D eigenvalue weighted by Crippen LogP contribution is -1.98. The summed E-state index contributed by atoms with van der Waals surface area (Å²) in [6.07, 6.45) is 3.24. The van der Waals surface area contributed by atoms with Crippen molar-refractivity contribution in [2.24, 2.45) is 7.05 Å². The minimum Gasteiger partial charge on any atom is -0.463 e. The predicted molar refractivity (Wildman–Crippen MR) is 75.9 cm³/mol. The molecule has 3 heterocycles. The Morgan fingerprint density at radius 1 is 1.43 bits per heavy atom. The number of methoxy groups -OCH3 is 1. The molecule has 7 nitrogen and oxygen atoms in total. The monoisotopic (exact) mass is 304 g/mol. The molecule has 0 aliphatic heterocycles. The summed E-state index contributed by atoms with van der Waals surface area (Å²) >= 11 is 1.50. The molecule has 0 saturated carbocycles. The molecule has 0 atom stereocenters. The summed E-state index contributed by atoms with van der Waals surface area (Å²) in [5, 5.41) is 5.88. The van der Waals surface area contributed by atoms with Crippen molar-refractivity contribution in [2.45, 2.75) is 10.8 Å². The molecule has 0 fully saturated rings. The van der Waals surface area contributed by atoms with E-state index >= 15 is 0 Å². The molecular weight excluding hydrogens is 292 g/mol. The third-order valence-corrected chi connectivity index (χ3v) is 3.92. The molecule has 0 aromatic carbocycles. The first-order valence-electron chi connectivity index (χ1n) is 6.11. The fourth-order valence-electron chi connectivity index (χ4n) is 1.86. The molecule has 0 saturated heterocycles. The highest BCUT2D eigenvalue weighted by Gasteiger charge is 2.13. The molecule has 3 rings (SSSR count). The molecule has 21 heavy (non-hydrogen) atoms. The molecule has 0 bridgehead atoms. The van der Waals surface area contributed by atoms with E-state index in [-0.39, 0.29) is 5.76 Å². The first-order valence-corrected chi connectivity index (χ1v) is 7.10.